The molecule has 0 radical (unpaired) electrons. The van der Waals surface area contributed by atoms with Crippen molar-refractivity contribution in [2.75, 3.05) is 37.6 Å². The van der Waals surface area contributed by atoms with Gasteiger partial charge in [-0.1, -0.05) is 30.3 Å². The number of rotatable bonds is 6. The fourth-order valence-electron chi connectivity index (χ4n) is 3.72. The van der Waals surface area contributed by atoms with Crippen LogP contribution in [-0.4, -0.2) is 48.2 Å². The zero-order valence-electron chi connectivity index (χ0n) is 17.9. The first kappa shape index (κ1) is 21.2. The standard InChI is InChI=1S/C24H29N5OS/c1-2-25-24(28-15-13-27(14-16-28)23-7-5-17-31-23)26-18-20-8-10-21(11-9-20)19-29-12-4-3-6-22(29)30/h3-12,17H,2,13-16,18-19H2,1H3,(H,25,26). The van der Waals surface area contributed by atoms with Gasteiger partial charge in [0, 0.05) is 45.0 Å². The van der Waals surface area contributed by atoms with Gasteiger partial charge in [0.1, 0.15) is 0 Å². The fourth-order valence-corrected chi connectivity index (χ4v) is 4.50. The summed E-state index contributed by atoms with van der Waals surface area (Å²) >= 11 is 1.80. The van der Waals surface area contributed by atoms with Crippen molar-refractivity contribution in [2.45, 2.75) is 20.0 Å². The van der Waals surface area contributed by atoms with Crippen LogP contribution in [0.3, 0.4) is 0 Å². The number of nitrogens with zero attached hydrogens (tertiary/aromatic N) is 4. The molecule has 0 aliphatic carbocycles. The van der Waals surface area contributed by atoms with E-state index in [0.29, 0.717) is 13.1 Å². The van der Waals surface area contributed by atoms with Gasteiger partial charge >= 0.3 is 0 Å². The maximum Gasteiger partial charge on any atom is 0.250 e. The molecule has 1 aliphatic rings. The molecule has 6 nitrogen and oxygen atoms in total. The molecule has 1 saturated heterocycles. The van der Waals surface area contributed by atoms with Crippen LogP contribution in [0.2, 0.25) is 0 Å². The average Bonchev–Trinajstić information content (AvgIpc) is 3.34. The molecule has 0 amide bonds. The monoisotopic (exact) mass is 435 g/mol. The smallest absolute Gasteiger partial charge is 0.250 e. The zero-order chi connectivity index (χ0) is 21.5. The fraction of sp³-hybridized carbons (Fsp3) is 0.333. The Labute approximate surface area is 187 Å². The van der Waals surface area contributed by atoms with Crippen LogP contribution in [0.1, 0.15) is 18.1 Å². The minimum absolute atomic E-state index is 0.0191. The molecular weight excluding hydrogens is 406 g/mol. The lowest BCUT2D eigenvalue weighted by molar-refractivity contribution is 0.373. The number of guanidine groups is 1. The number of aliphatic imine (C=N–C) groups is 1. The van der Waals surface area contributed by atoms with Gasteiger partial charge in [0.15, 0.2) is 5.96 Å². The molecular formula is C24H29N5OS. The van der Waals surface area contributed by atoms with Crippen molar-refractivity contribution in [1.82, 2.24) is 14.8 Å². The summed E-state index contributed by atoms with van der Waals surface area (Å²) in [7, 11) is 0. The van der Waals surface area contributed by atoms with E-state index >= 15 is 0 Å². The van der Waals surface area contributed by atoms with E-state index in [2.05, 4.69) is 63.8 Å². The largest absolute Gasteiger partial charge is 0.360 e. The van der Waals surface area contributed by atoms with Crippen LogP contribution in [0.15, 0.2) is 76.0 Å². The molecule has 1 N–H and O–H groups in total. The molecule has 0 spiro atoms. The first-order valence-electron chi connectivity index (χ1n) is 10.8. The second-order valence-electron chi connectivity index (χ2n) is 7.58. The molecule has 0 saturated carbocycles. The van der Waals surface area contributed by atoms with Gasteiger partial charge in [-0.25, -0.2) is 4.99 Å². The van der Waals surface area contributed by atoms with Gasteiger partial charge in [-0.2, -0.15) is 0 Å². The second-order valence-corrected chi connectivity index (χ2v) is 8.50. The highest BCUT2D eigenvalue weighted by atomic mass is 32.1. The van der Waals surface area contributed by atoms with Gasteiger partial charge in [-0.05, 0) is 41.6 Å². The SMILES string of the molecule is CCNC(=NCc1ccc(Cn2ccccc2=O)cc1)N1CCN(c2cccs2)CC1. The topological polar surface area (TPSA) is 52.9 Å². The van der Waals surface area contributed by atoms with Gasteiger partial charge in [0.2, 0.25) is 0 Å². The Morgan fingerprint density at radius 3 is 2.45 bits per heavy atom. The Hall–Kier alpha value is -3.06. The molecule has 4 rings (SSSR count). The predicted octanol–water partition coefficient (Wildman–Crippen LogP) is 3.25. The average molecular weight is 436 g/mol. The van der Waals surface area contributed by atoms with Crippen LogP contribution in [-0.2, 0) is 13.1 Å². The number of hydrogen-bond donors (Lipinski definition) is 1. The van der Waals surface area contributed by atoms with E-state index in [9.17, 15) is 4.79 Å². The number of hydrogen-bond acceptors (Lipinski definition) is 4. The Morgan fingerprint density at radius 2 is 1.77 bits per heavy atom. The summed E-state index contributed by atoms with van der Waals surface area (Å²) in [6.07, 6.45) is 1.82. The van der Waals surface area contributed by atoms with Crippen molar-refractivity contribution in [1.29, 1.82) is 0 Å². The van der Waals surface area contributed by atoms with Crippen molar-refractivity contribution < 1.29 is 0 Å². The van der Waals surface area contributed by atoms with E-state index in [0.717, 1.165) is 49.8 Å². The maximum absolute atomic E-state index is 11.9. The van der Waals surface area contributed by atoms with Gasteiger partial charge in [0.25, 0.3) is 5.56 Å². The Kier molecular flexibility index (Phi) is 7.04. The molecule has 162 valence electrons. The first-order chi connectivity index (χ1) is 15.2. The van der Waals surface area contributed by atoms with Crippen molar-refractivity contribution >= 4 is 22.3 Å². The minimum atomic E-state index is 0.0191. The third kappa shape index (κ3) is 5.55. The van der Waals surface area contributed by atoms with Crippen LogP contribution in [0.4, 0.5) is 5.00 Å². The lowest BCUT2D eigenvalue weighted by atomic mass is 10.1. The van der Waals surface area contributed by atoms with Crippen LogP contribution < -0.4 is 15.8 Å². The maximum atomic E-state index is 11.9. The number of anilines is 1. The van der Waals surface area contributed by atoms with E-state index in [4.69, 9.17) is 4.99 Å². The highest BCUT2D eigenvalue weighted by Crippen LogP contribution is 2.22. The third-order valence-electron chi connectivity index (χ3n) is 5.42. The first-order valence-corrected chi connectivity index (χ1v) is 11.7. The molecule has 3 aromatic rings. The molecule has 1 aromatic carbocycles. The molecule has 3 heterocycles. The Morgan fingerprint density at radius 1 is 1.00 bits per heavy atom. The summed E-state index contributed by atoms with van der Waals surface area (Å²) in [5.41, 5.74) is 2.29. The lowest BCUT2D eigenvalue weighted by Gasteiger charge is -2.37. The van der Waals surface area contributed by atoms with E-state index < -0.39 is 0 Å². The van der Waals surface area contributed by atoms with Crippen molar-refractivity contribution in [3.8, 4) is 0 Å². The van der Waals surface area contributed by atoms with Crippen LogP contribution >= 0.6 is 11.3 Å². The molecule has 7 heteroatoms. The summed E-state index contributed by atoms with van der Waals surface area (Å²) in [5.74, 6) is 0.980. The van der Waals surface area contributed by atoms with Gasteiger partial charge in [-0.15, -0.1) is 11.3 Å². The number of thiophene rings is 1. The van der Waals surface area contributed by atoms with Crippen LogP contribution in [0.5, 0.6) is 0 Å². The third-order valence-corrected chi connectivity index (χ3v) is 6.35. The summed E-state index contributed by atoms with van der Waals surface area (Å²) in [5, 5.41) is 6.93. The highest BCUT2D eigenvalue weighted by molar-refractivity contribution is 7.14. The number of pyridine rings is 1. The second kappa shape index (κ2) is 10.3. The van der Waals surface area contributed by atoms with E-state index in [-0.39, 0.29) is 5.56 Å². The number of piperazine rings is 1. The lowest BCUT2D eigenvalue weighted by Crippen LogP contribution is -2.52. The minimum Gasteiger partial charge on any atom is -0.360 e. The summed E-state index contributed by atoms with van der Waals surface area (Å²) in [4.78, 5) is 21.6. The van der Waals surface area contributed by atoms with E-state index in [1.807, 2.05) is 12.3 Å². The summed E-state index contributed by atoms with van der Waals surface area (Å²) in [6.45, 7) is 8.14. The molecule has 1 fully saturated rings. The number of benzene rings is 1. The molecule has 1 aliphatic heterocycles. The van der Waals surface area contributed by atoms with E-state index in [1.165, 1.54) is 5.00 Å². The predicted molar refractivity (Wildman–Crippen MR) is 129 cm³/mol. The normalized spacial score (nSPS) is 14.7. The molecule has 0 bridgehead atoms. The van der Waals surface area contributed by atoms with Crippen molar-refractivity contribution in [2.24, 2.45) is 4.99 Å². The quantitative estimate of drug-likeness (QED) is 0.477. The Bertz CT molecular complexity index is 1030. The number of aromatic nitrogens is 1. The van der Waals surface area contributed by atoms with Crippen LogP contribution in [0, 0.1) is 0 Å². The summed E-state index contributed by atoms with van der Waals surface area (Å²) in [6, 6.07) is 17.9. The zero-order valence-corrected chi connectivity index (χ0v) is 18.7. The van der Waals surface area contributed by atoms with Gasteiger partial charge < -0.3 is 19.7 Å². The molecule has 31 heavy (non-hydrogen) atoms. The summed E-state index contributed by atoms with van der Waals surface area (Å²) < 4.78 is 1.71. The highest BCUT2D eigenvalue weighted by Gasteiger charge is 2.20. The number of nitrogens with one attached hydrogen (secondary N) is 1. The van der Waals surface area contributed by atoms with Crippen molar-refractivity contribution in [3.05, 3.63) is 87.7 Å². The molecule has 0 unspecified atom stereocenters. The Balaban J connectivity index is 1.36. The van der Waals surface area contributed by atoms with Crippen LogP contribution in [0.25, 0.3) is 0 Å². The molecule has 0 atom stereocenters. The molecule has 2 aromatic heterocycles. The van der Waals surface area contributed by atoms with Gasteiger partial charge in [-0.3, -0.25) is 4.79 Å². The van der Waals surface area contributed by atoms with Crippen molar-refractivity contribution in [3.63, 3.8) is 0 Å². The van der Waals surface area contributed by atoms with E-state index in [1.54, 1.807) is 28.0 Å². The van der Waals surface area contributed by atoms with Gasteiger partial charge in [0.05, 0.1) is 18.1 Å².